The molecule has 0 unspecified atom stereocenters. The predicted octanol–water partition coefficient (Wildman–Crippen LogP) is 0.339. The molecule has 1 aliphatic rings. The normalized spacial score (nSPS) is 24.9. The predicted molar refractivity (Wildman–Crippen MR) is 70.0 cm³/mol. The molecule has 0 amide bonds. The molecule has 1 heterocycles. The molecular weight excluding hydrogens is 262 g/mol. The highest BCUT2D eigenvalue weighted by Gasteiger charge is 2.49. The van der Waals surface area contributed by atoms with E-state index in [1.54, 1.807) is 0 Å². The molecule has 0 saturated carbocycles. The molecule has 1 saturated heterocycles. The zero-order valence-corrected chi connectivity index (χ0v) is 11.4. The van der Waals surface area contributed by atoms with Gasteiger partial charge in [-0.3, -0.25) is 4.74 Å². The molecule has 1 aromatic carbocycles. The molecule has 2 rings (SSSR count). The van der Waals surface area contributed by atoms with Crippen LogP contribution in [0.25, 0.3) is 0 Å². The number of carbonyl (C=O) groups is 1. The largest absolute Gasteiger partial charge is 0.459 e. The molecule has 0 radical (unpaired) electrons. The van der Waals surface area contributed by atoms with Gasteiger partial charge in [-0.05, 0) is 11.5 Å². The van der Waals surface area contributed by atoms with Crippen molar-refractivity contribution < 1.29 is 24.5 Å². The van der Waals surface area contributed by atoms with Gasteiger partial charge in [-0.25, -0.2) is 10.1 Å². The molecule has 1 fully saturated rings. The van der Waals surface area contributed by atoms with E-state index in [2.05, 4.69) is 5.32 Å². The number of hydrogen-bond acceptors (Lipinski definition) is 6. The van der Waals surface area contributed by atoms with Crippen LogP contribution in [0.3, 0.4) is 0 Å². The maximum absolute atomic E-state index is 12.0. The highest BCUT2D eigenvalue weighted by atomic mass is 16.8. The number of esters is 1. The van der Waals surface area contributed by atoms with E-state index in [9.17, 15) is 15.0 Å². The summed E-state index contributed by atoms with van der Waals surface area (Å²) < 4.78 is 10.1. The average Bonchev–Trinajstić information content (AvgIpc) is 2.74. The summed E-state index contributed by atoms with van der Waals surface area (Å²) in [6.07, 6.45) is -3.54. The van der Waals surface area contributed by atoms with Gasteiger partial charge < -0.3 is 14.9 Å². The summed E-state index contributed by atoms with van der Waals surface area (Å²) in [7, 11) is 0. The topological polar surface area (TPSA) is 88.0 Å². The summed E-state index contributed by atoms with van der Waals surface area (Å²) in [6.45, 7) is 3.81. The average molecular weight is 281 g/mol. The van der Waals surface area contributed by atoms with Crippen LogP contribution >= 0.6 is 0 Å². The Bertz CT molecular complexity index is 460. The Balaban J connectivity index is 1.97. The Morgan fingerprint density at radius 1 is 1.40 bits per heavy atom. The minimum absolute atomic E-state index is 0.0227. The summed E-state index contributed by atoms with van der Waals surface area (Å²) in [6, 6.07) is 8.72. The van der Waals surface area contributed by atoms with Gasteiger partial charge in [0.2, 0.25) is 0 Å². The third-order valence-electron chi connectivity index (χ3n) is 3.15. The lowest BCUT2D eigenvalue weighted by Gasteiger charge is -2.19. The van der Waals surface area contributed by atoms with Gasteiger partial charge in [-0.2, -0.15) is 0 Å². The van der Waals surface area contributed by atoms with Gasteiger partial charge >= 0.3 is 12.1 Å². The quantitative estimate of drug-likeness (QED) is 0.545. The van der Waals surface area contributed by atoms with Gasteiger partial charge in [0, 0.05) is 0 Å². The van der Waals surface area contributed by atoms with Crippen LogP contribution in [0.15, 0.2) is 30.3 Å². The molecule has 6 nitrogen and oxygen atoms in total. The van der Waals surface area contributed by atoms with Crippen molar-refractivity contribution in [2.75, 3.05) is 0 Å². The monoisotopic (exact) mass is 281 g/mol. The molecule has 0 bridgehead atoms. The standard InChI is InChI=1S/C14H19NO5/c1-9(2)11-12(20-14(17,18)15-11)13(16)19-8-10-6-4-3-5-7-10/h3-7,9,11-12,15,17-18H,8H2,1-2H3/t11-,12+/m0/s1. The zero-order chi connectivity index (χ0) is 14.8. The van der Waals surface area contributed by atoms with E-state index >= 15 is 0 Å². The van der Waals surface area contributed by atoms with Crippen LogP contribution in [0.2, 0.25) is 0 Å². The highest BCUT2D eigenvalue weighted by molar-refractivity contribution is 5.76. The molecule has 0 aromatic heterocycles. The number of ether oxygens (including phenoxy) is 2. The van der Waals surface area contributed by atoms with E-state index in [0.717, 1.165) is 5.56 Å². The fraction of sp³-hybridized carbons (Fsp3) is 0.500. The molecule has 1 aliphatic heterocycles. The van der Waals surface area contributed by atoms with Gasteiger partial charge in [0.25, 0.3) is 0 Å². The third-order valence-corrected chi connectivity index (χ3v) is 3.15. The van der Waals surface area contributed by atoms with Crippen molar-refractivity contribution in [2.24, 2.45) is 5.92 Å². The Kier molecular flexibility index (Phi) is 4.39. The van der Waals surface area contributed by atoms with Crippen LogP contribution in [-0.2, 0) is 20.9 Å². The van der Waals surface area contributed by atoms with Crippen LogP contribution in [-0.4, -0.2) is 34.4 Å². The molecular formula is C14H19NO5. The van der Waals surface area contributed by atoms with E-state index in [0.29, 0.717) is 0 Å². The number of aliphatic hydroxyl groups is 2. The number of hydrogen-bond donors (Lipinski definition) is 3. The van der Waals surface area contributed by atoms with E-state index < -0.39 is 24.2 Å². The molecule has 0 spiro atoms. The minimum Gasteiger partial charge on any atom is -0.459 e. The SMILES string of the molecule is CC(C)[C@@H]1NC(O)(O)O[C@H]1C(=O)OCc1ccccc1. The summed E-state index contributed by atoms with van der Waals surface area (Å²) in [5.74, 6) is -0.643. The Morgan fingerprint density at radius 2 is 2.05 bits per heavy atom. The van der Waals surface area contributed by atoms with Crippen molar-refractivity contribution in [1.29, 1.82) is 0 Å². The Morgan fingerprint density at radius 3 is 2.65 bits per heavy atom. The number of carbonyl (C=O) groups excluding carboxylic acids is 1. The van der Waals surface area contributed by atoms with Crippen molar-refractivity contribution in [2.45, 2.75) is 38.7 Å². The van der Waals surface area contributed by atoms with E-state index in [4.69, 9.17) is 9.47 Å². The fourth-order valence-electron chi connectivity index (χ4n) is 2.10. The summed E-state index contributed by atoms with van der Waals surface area (Å²) in [4.78, 5) is 12.0. The number of benzene rings is 1. The molecule has 1 aromatic rings. The van der Waals surface area contributed by atoms with Crippen LogP contribution in [0, 0.1) is 5.92 Å². The van der Waals surface area contributed by atoms with Crippen molar-refractivity contribution in [3.63, 3.8) is 0 Å². The third kappa shape index (κ3) is 3.55. The van der Waals surface area contributed by atoms with Gasteiger partial charge in [-0.15, -0.1) is 0 Å². The zero-order valence-electron chi connectivity index (χ0n) is 11.4. The van der Waals surface area contributed by atoms with Crippen molar-refractivity contribution >= 4 is 5.97 Å². The first kappa shape index (κ1) is 14.9. The molecule has 2 atom stereocenters. The van der Waals surface area contributed by atoms with Crippen molar-refractivity contribution in [1.82, 2.24) is 5.32 Å². The molecule has 20 heavy (non-hydrogen) atoms. The van der Waals surface area contributed by atoms with E-state index in [1.807, 2.05) is 44.2 Å². The van der Waals surface area contributed by atoms with Crippen LogP contribution in [0.5, 0.6) is 0 Å². The van der Waals surface area contributed by atoms with Gasteiger partial charge in [0.1, 0.15) is 6.61 Å². The molecule has 6 heteroatoms. The van der Waals surface area contributed by atoms with Crippen LogP contribution in [0.4, 0.5) is 0 Å². The summed E-state index contributed by atoms with van der Waals surface area (Å²) in [5.41, 5.74) is 0.854. The second-order valence-electron chi connectivity index (χ2n) is 5.15. The van der Waals surface area contributed by atoms with Crippen molar-refractivity contribution in [3.05, 3.63) is 35.9 Å². The van der Waals surface area contributed by atoms with Gasteiger partial charge in [0.05, 0.1) is 6.04 Å². The summed E-state index contributed by atoms with van der Waals surface area (Å²) in [5, 5.41) is 21.3. The van der Waals surface area contributed by atoms with Crippen LogP contribution in [0.1, 0.15) is 19.4 Å². The fourth-order valence-corrected chi connectivity index (χ4v) is 2.10. The lowest BCUT2D eigenvalue weighted by Crippen LogP contribution is -2.46. The first-order chi connectivity index (χ1) is 9.39. The van der Waals surface area contributed by atoms with Crippen molar-refractivity contribution in [3.8, 4) is 0 Å². The van der Waals surface area contributed by atoms with Crippen LogP contribution < -0.4 is 5.32 Å². The first-order valence-corrected chi connectivity index (χ1v) is 6.50. The Labute approximate surface area is 117 Å². The lowest BCUT2D eigenvalue weighted by molar-refractivity contribution is -0.336. The maximum atomic E-state index is 12.0. The number of nitrogens with one attached hydrogen (secondary N) is 1. The Hall–Kier alpha value is -1.47. The smallest absolute Gasteiger partial charge is 0.346 e. The van der Waals surface area contributed by atoms with Gasteiger partial charge in [0.15, 0.2) is 6.10 Å². The lowest BCUT2D eigenvalue weighted by atomic mass is 9.99. The molecule has 0 aliphatic carbocycles. The number of rotatable bonds is 4. The maximum Gasteiger partial charge on any atom is 0.346 e. The second-order valence-corrected chi connectivity index (χ2v) is 5.15. The van der Waals surface area contributed by atoms with Gasteiger partial charge in [-0.1, -0.05) is 44.2 Å². The highest BCUT2D eigenvalue weighted by Crippen LogP contribution is 2.24. The first-order valence-electron chi connectivity index (χ1n) is 6.50. The molecule has 3 N–H and O–H groups in total. The molecule has 110 valence electrons. The van der Waals surface area contributed by atoms with E-state index in [1.165, 1.54) is 0 Å². The second kappa shape index (κ2) is 5.88. The summed E-state index contributed by atoms with van der Waals surface area (Å²) >= 11 is 0. The van der Waals surface area contributed by atoms with E-state index in [-0.39, 0.29) is 12.5 Å². The minimum atomic E-state index is -2.49.